The lowest BCUT2D eigenvalue weighted by Crippen LogP contribution is -2.39. The van der Waals surface area contributed by atoms with Crippen molar-refractivity contribution in [3.8, 4) is 0 Å². The summed E-state index contributed by atoms with van der Waals surface area (Å²) in [7, 11) is 0. The zero-order valence-corrected chi connectivity index (χ0v) is 22.1. The van der Waals surface area contributed by atoms with Gasteiger partial charge in [0, 0.05) is 0 Å². The highest BCUT2D eigenvalue weighted by molar-refractivity contribution is 4.82. The van der Waals surface area contributed by atoms with Crippen LogP contribution in [-0.4, -0.2) is 12.2 Å². The smallest absolute Gasteiger partial charge is 0.0584 e. The molecular formula is C28H58O. The summed E-state index contributed by atoms with van der Waals surface area (Å²) in [5, 5.41) is 0. The van der Waals surface area contributed by atoms with E-state index in [0.717, 1.165) is 23.7 Å². The molecule has 0 rings (SSSR count). The van der Waals surface area contributed by atoms with E-state index in [-0.39, 0.29) is 0 Å². The van der Waals surface area contributed by atoms with Crippen LogP contribution in [0.15, 0.2) is 0 Å². The second-order valence-electron chi connectivity index (χ2n) is 10.5. The van der Waals surface area contributed by atoms with Gasteiger partial charge in [0.05, 0.1) is 12.2 Å². The molecule has 8 atom stereocenters. The van der Waals surface area contributed by atoms with Crippen molar-refractivity contribution >= 4 is 0 Å². The first-order chi connectivity index (χ1) is 13.7. The summed E-state index contributed by atoms with van der Waals surface area (Å²) in [4.78, 5) is 0. The number of unbranched alkanes of at least 4 members (excludes halogenated alkanes) is 2. The second-order valence-corrected chi connectivity index (χ2v) is 10.5. The van der Waals surface area contributed by atoms with Crippen LogP contribution in [0.4, 0.5) is 0 Å². The average Bonchev–Trinajstić information content (AvgIpc) is 2.65. The molecule has 1 heteroatoms. The third-order valence-electron chi connectivity index (χ3n) is 7.66. The van der Waals surface area contributed by atoms with E-state index in [1.54, 1.807) is 0 Å². The van der Waals surface area contributed by atoms with Gasteiger partial charge in [-0.25, -0.2) is 0 Å². The van der Waals surface area contributed by atoms with Crippen LogP contribution in [0.3, 0.4) is 0 Å². The fourth-order valence-corrected chi connectivity index (χ4v) is 6.23. The van der Waals surface area contributed by atoms with Crippen LogP contribution in [0.2, 0.25) is 0 Å². The third kappa shape index (κ3) is 10.7. The first-order valence-electron chi connectivity index (χ1n) is 13.4. The van der Waals surface area contributed by atoms with Crippen molar-refractivity contribution < 1.29 is 4.74 Å². The molecule has 0 aliphatic carbocycles. The zero-order valence-electron chi connectivity index (χ0n) is 22.1. The Kier molecular flexibility index (Phi) is 16.6. The molecule has 0 radical (unpaired) electrons. The maximum absolute atomic E-state index is 6.91. The summed E-state index contributed by atoms with van der Waals surface area (Å²) in [6, 6.07) is 0. The molecule has 0 aliphatic heterocycles. The summed E-state index contributed by atoms with van der Waals surface area (Å²) >= 11 is 0. The standard InChI is InChI=1S/C28H58O/c1-11-15-19-23(7)27(21(5)17-13-3)25(9)29-26(10)28(22(6)18-14-4)24(8)20-16-12-2/h21-28H,11-20H2,1-10H3. The van der Waals surface area contributed by atoms with Crippen LogP contribution in [-0.2, 0) is 4.74 Å². The molecule has 0 aromatic carbocycles. The Bertz CT molecular complexity index is 331. The van der Waals surface area contributed by atoms with Crippen LogP contribution in [0.1, 0.15) is 133 Å². The molecule has 0 saturated carbocycles. The Morgan fingerprint density at radius 3 is 1.03 bits per heavy atom. The summed E-state index contributed by atoms with van der Waals surface area (Å²) in [5.74, 6) is 4.36. The fourth-order valence-electron chi connectivity index (χ4n) is 6.23. The van der Waals surface area contributed by atoms with Gasteiger partial charge < -0.3 is 4.74 Å². The zero-order chi connectivity index (χ0) is 22.4. The van der Waals surface area contributed by atoms with Gasteiger partial charge in [0.25, 0.3) is 0 Å². The van der Waals surface area contributed by atoms with E-state index in [1.165, 1.54) is 64.2 Å². The predicted molar refractivity (Wildman–Crippen MR) is 133 cm³/mol. The van der Waals surface area contributed by atoms with E-state index in [0.29, 0.717) is 24.0 Å². The van der Waals surface area contributed by atoms with E-state index in [9.17, 15) is 0 Å². The monoisotopic (exact) mass is 410 g/mol. The normalized spacial score (nSPS) is 20.5. The Labute approximate surface area is 186 Å². The van der Waals surface area contributed by atoms with E-state index in [1.807, 2.05) is 0 Å². The summed E-state index contributed by atoms with van der Waals surface area (Å²) in [6.45, 7) is 24.0. The molecule has 0 N–H and O–H groups in total. The van der Waals surface area contributed by atoms with Gasteiger partial charge >= 0.3 is 0 Å². The summed E-state index contributed by atoms with van der Waals surface area (Å²) < 4.78 is 6.91. The molecule has 0 spiro atoms. The Balaban J connectivity index is 5.32. The van der Waals surface area contributed by atoms with Crippen LogP contribution in [0, 0.1) is 35.5 Å². The molecule has 8 unspecified atom stereocenters. The first-order valence-corrected chi connectivity index (χ1v) is 13.4. The summed E-state index contributed by atoms with van der Waals surface area (Å²) in [5.41, 5.74) is 0. The third-order valence-corrected chi connectivity index (χ3v) is 7.66. The molecule has 0 aliphatic rings. The van der Waals surface area contributed by atoms with Gasteiger partial charge in [0.15, 0.2) is 0 Å². The number of ether oxygens (including phenoxy) is 1. The minimum absolute atomic E-state index is 0.355. The fraction of sp³-hybridized carbons (Fsp3) is 1.00. The van der Waals surface area contributed by atoms with E-state index in [2.05, 4.69) is 69.2 Å². The van der Waals surface area contributed by atoms with Gasteiger partial charge in [0.2, 0.25) is 0 Å². The SMILES string of the molecule is CCCCC(C)C(C(C)CCC)C(C)OC(C)C(C(C)CCC)C(C)CCCC. The van der Waals surface area contributed by atoms with Crippen molar-refractivity contribution in [3.63, 3.8) is 0 Å². The highest BCUT2D eigenvalue weighted by Crippen LogP contribution is 2.37. The first kappa shape index (κ1) is 29.0. The minimum Gasteiger partial charge on any atom is -0.375 e. The van der Waals surface area contributed by atoms with Gasteiger partial charge in [-0.15, -0.1) is 0 Å². The minimum atomic E-state index is 0.355. The number of rotatable bonds is 18. The molecule has 0 bridgehead atoms. The maximum atomic E-state index is 6.91. The Morgan fingerprint density at radius 2 is 0.759 bits per heavy atom. The Morgan fingerprint density at radius 1 is 0.448 bits per heavy atom. The predicted octanol–water partition coefficient (Wildman–Crippen LogP) is 9.54. The van der Waals surface area contributed by atoms with Gasteiger partial charge in [-0.2, -0.15) is 0 Å². The molecule has 1 nitrogen and oxygen atoms in total. The molecule has 0 saturated heterocycles. The molecule has 29 heavy (non-hydrogen) atoms. The van der Waals surface area contributed by atoms with Crippen molar-refractivity contribution in [1.29, 1.82) is 0 Å². The van der Waals surface area contributed by atoms with Gasteiger partial charge in [-0.1, -0.05) is 120 Å². The maximum Gasteiger partial charge on any atom is 0.0584 e. The lowest BCUT2D eigenvalue weighted by Gasteiger charge is -2.40. The van der Waals surface area contributed by atoms with Crippen molar-refractivity contribution in [3.05, 3.63) is 0 Å². The van der Waals surface area contributed by atoms with Crippen molar-refractivity contribution in [2.75, 3.05) is 0 Å². The van der Waals surface area contributed by atoms with Gasteiger partial charge in [-0.3, -0.25) is 0 Å². The number of hydrogen-bond donors (Lipinski definition) is 0. The average molecular weight is 411 g/mol. The lowest BCUT2D eigenvalue weighted by molar-refractivity contribution is -0.0945. The van der Waals surface area contributed by atoms with E-state index < -0.39 is 0 Å². The van der Waals surface area contributed by atoms with E-state index >= 15 is 0 Å². The molecule has 0 amide bonds. The molecular weight excluding hydrogens is 352 g/mol. The van der Waals surface area contributed by atoms with Crippen LogP contribution in [0.25, 0.3) is 0 Å². The molecule has 0 fully saturated rings. The highest BCUT2D eigenvalue weighted by atomic mass is 16.5. The molecule has 0 aromatic rings. The number of hydrogen-bond acceptors (Lipinski definition) is 1. The quantitative estimate of drug-likeness (QED) is 0.218. The van der Waals surface area contributed by atoms with E-state index in [4.69, 9.17) is 4.74 Å². The largest absolute Gasteiger partial charge is 0.375 e. The van der Waals surface area contributed by atoms with Crippen LogP contribution < -0.4 is 0 Å². The van der Waals surface area contributed by atoms with Gasteiger partial charge in [-0.05, 0) is 49.4 Å². The van der Waals surface area contributed by atoms with Crippen LogP contribution in [0.5, 0.6) is 0 Å². The molecule has 0 aromatic heterocycles. The van der Waals surface area contributed by atoms with Crippen molar-refractivity contribution in [2.45, 2.75) is 146 Å². The Hall–Kier alpha value is -0.0400. The highest BCUT2D eigenvalue weighted by Gasteiger charge is 2.34. The van der Waals surface area contributed by atoms with Crippen molar-refractivity contribution in [1.82, 2.24) is 0 Å². The lowest BCUT2D eigenvalue weighted by atomic mass is 9.74. The second kappa shape index (κ2) is 16.6. The topological polar surface area (TPSA) is 9.23 Å². The van der Waals surface area contributed by atoms with Gasteiger partial charge in [0.1, 0.15) is 0 Å². The molecule has 176 valence electrons. The molecule has 0 heterocycles. The van der Waals surface area contributed by atoms with Crippen molar-refractivity contribution in [2.24, 2.45) is 35.5 Å². The van der Waals surface area contributed by atoms with Crippen LogP contribution >= 0.6 is 0 Å². The summed E-state index contributed by atoms with van der Waals surface area (Å²) in [6.07, 6.45) is 13.9.